The molecule has 1 aliphatic heterocycles. The van der Waals surface area contributed by atoms with E-state index in [1.54, 1.807) is 18.2 Å². The van der Waals surface area contributed by atoms with E-state index < -0.39 is 0 Å². The summed E-state index contributed by atoms with van der Waals surface area (Å²) in [5.41, 5.74) is 2.62. The topological polar surface area (TPSA) is 74.4 Å². The van der Waals surface area contributed by atoms with E-state index in [1.807, 2.05) is 41.4 Å². The molecule has 6 heteroatoms. The number of ether oxygens (including phenoxy) is 1. The Hall–Kier alpha value is -3.28. The minimum Gasteiger partial charge on any atom is -0.484 e. The van der Waals surface area contributed by atoms with Gasteiger partial charge in [0.15, 0.2) is 6.61 Å². The zero-order valence-corrected chi connectivity index (χ0v) is 15.6. The van der Waals surface area contributed by atoms with Gasteiger partial charge in [0.1, 0.15) is 5.75 Å². The van der Waals surface area contributed by atoms with Crippen molar-refractivity contribution < 1.29 is 14.3 Å². The molecule has 28 heavy (non-hydrogen) atoms. The van der Waals surface area contributed by atoms with Gasteiger partial charge in [-0.25, -0.2) is 0 Å². The predicted octanol–water partition coefficient (Wildman–Crippen LogP) is 3.35. The molecule has 4 rings (SSSR count). The van der Waals surface area contributed by atoms with E-state index in [4.69, 9.17) is 4.74 Å². The smallest absolute Gasteiger partial charge is 0.260 e. The van der Waals surface area contributed by atoms with Gasteiger partial charge < -0.3 is 19.9 Å². The quantitative estimate of drug-likeness (QED) is 0.692. The van der Waals surface area contributed by atoms with Gasteiger partial charge in [-0.1, -0.05) is 24.3 Å². The number of carbonyl (C=O) groups excluding carboxylic acids is 2. The van der Waals surface area contributed by atoms with E-state index in [0.717, 1.165) is 42.4 Å². The average molecular weight is 377 g/mol. The first-order valence-electron chi connectivity index (χ1n) is 9.54. The lowest BCUT2D eigenvalue weighted by Gasteiger charge is -2.15. The van der Waals surface area contributed by atoms with E-state index >= 15 is 0 Å². The van der Waals surface area contributed by atoms with E-state index in [9.17, 15) is 9.59 Å². The fraction of sp³-hybridized carbons (Fsp3) is 0.273. The van der Waals surface area contributed by atoms with Crippen LogP contribution in [0.5, 0.6) is 5.75 Å². The molecule has 0 unspecified atom stereocenters. The van der Waals surface area contributed by atoms with Crippen molar-refractivity contribution >= 4 is 28.4 Å². The van der Waals surface area contributed by atoms with Crippen molar-refractivity contribution in [2.45, 2.75) is 19.3 Å². The number of H-pyrrole nitrogens is 1. The van der Waals surface area contributed by atoms with Crippen molar-refractivity contribution in [3.8, 4) is 5.75 Å². The lowest BCUT2D eigenvalue weighted by atomic mass is 10.1. The fourth-order valence-electron chi connectivity index (χ4n) is 3.52. The lowest BCUT2D eigenvalue weighted by Crippen LogP contribution is -2.32. The SMILES string of the molecule is O=C(Cc1c[nH]c2ccccc12)Nc1cccc(OCC(=O)N2CCCC2)c1. The molecule has 0 spiro atoms. The highest BCUT2D eigenvalue weighted by atomic mass is 16.5. The zero-order chi connectivity index (χ0) is 19.3. The number of para-hydroxylation sites is 1. The predicted molar refractivity (Wildman–Crippen MR) is 108 cm³/mol. The summed E-state index contributed by atoms with van der Waals surface area (Å²) in [6.07, 6.45) is 4.27. The number of rotatable bonds is 6. The molecule has 3 aromatic rings. The molecule has 1 aromatic heterocycles. The summed E-state index contributed by atoms with van der Waals surface area (Å²) in [5.74, 6) is 0.471. The number of aromatic amines is 1. The maximum atomic E-state index is 12.4. The first-order chi connectivity index (χ1) is 13.7. The van der Waals surface area contributed by atoms with Crippen LogP contribution in [0.15, 0.2) is 54.7 Å². The minimum absolute atomic E-state index is 0.00581. The number of nitrogens with one attached hydrogen (secondary N) is 2. The largest absolute Gasteiger partial charge is 0.484 e. The third-order valence-corrected chi connectivity index (χ3v) is 4.96. The molecule has 2 N–H and O–H groups in total. The first kappa shape index (κ1) is 18.1. The van der Waals surface area contributed by atoms with Crippen LogP contribution in [0.2, 0.25) is 0 Å². The molecule has 144 valence electrons. The van der Waals surface area contributed by atoms with Crippen LogP contribution >= 0.6 is 0 Å². The Morgan fingerprint density at radius 3 is 2.75 bits per heavy atom. The van der Waals surface area contributed by atoms with Gasteiger partial charge in [-0.05, 0) is 36.6 Å². The Morgan fingerprint density at radius 1 is 1.07 bits per heavy atom. The van der Waals surface area contributed by atoms with Crippen LogP contribution in [-0.4, -0.2) is 41.4 Å². The van der Waals surface area contributed by atoms with Crippen molar-refractivity contribution in [2.75, 3.05) is 25.0 Å². The number of aromatic nitrogens is 1. The van der Waals surface area contributed by atoms with Crippen LogP contribution in [0.3, 0.4) is 0 Å². The Bertz CT molecular complexity index is 989. The highest BCUT2D eigenvalue weighted by Crippen LogP contribution is 2.20. The first-order valence-corrected chi connectivity index (χ1v) is 9.54. The molecule has 0 saturated carbocycles. The molecule has 1 fully saturated rings. The standard InChI is InChI=1S/C22H23N3O3/c26-21(12-16-14-23-20-9-2-1-8-19(16)20)24-17-6-5-7-18(13-17)28-15-22(27)25-10-3-4-11-25/h1-2,5-9,13-14,23H,3-4,10-12,15H2,(H,24,26). The van der Waals surface area contributed by atoms with Gasteiger partial charge in [0.05, 0.1) is 6.42 Å². The highest BCUT2D eigenvalue weighted by molar-refractivity contribution is 5.95. The van der Waals surface area contributed by atoms with Gasteiger partial charge in [0.2, 0.25) is 5.91 Å². The monoisotopic (exact) mass is 377 g/mol. The second kappa shape index (κ2) is 8.17. The van der Waals surface area contributed by atoms with Gasteiger partial charge in [-0.3, -0.25) is 9.59 Å². The van der Waals surface area contributed by atoms with Gasteiger partial charge in [0, 0.05) is 41.9 Å². The van der Waals surface area contributed by atoms with Crippen molar-refractivity contribution in [1.82, 2.24) is 9.88 Å². The van der Waals surface area contributed by atoms with Crippen LogP contribution in [-0.2, 0) is 16.0 Å². The summed E-state index contributed by atoms with van der Waals surface area (Å²) >= 11 is 0. The van der Waals surface area contributed by atoms with Crippen molar-refractivity contribution in [3.63, 3.8) is 0 Å². The van der Waals surface area contributed by atoms with Gasteiger partial charge in [-0.15, -0.1) is 0 Å². The summed E-state index contributed by atoms with van der Waals surface area (Å²) < 4.78 is 5.62. The maximum absolute atomic E-state index is 12.4. The molecule has 2 heterocycles. The molecule has 6 nitrogen and oxygen atoms in total. The van der Waals surface area contributed by atoms with Gasteiger partial charge in [-0.2, -0.15) is 0 Å². The number of hydrogen-bond acceptors (Lipinski definition) is 3. The number of benzene rings is 2. The Labute approximate surface area is 163 Å². The van der Waals surface area contributed by atoms with Crippen molar-refractivity contribution in [2.24, 2.45) is 0 Å². The van der Waals surface area contributed by atoms with Crippen LogP contribution in [0, 0.1) is 0 Å². The second-order valence-electron chi connectivity index (χ2n) is 6.99. The lowest BCUT2D eigenvalue weighted by molar-refractivity contribution is -0.132. The van der Waals surface area contributed by atoms with E-state index in [1.165, 1.54) is 0 Å². The number of hydrogen-bond donors (Lipinski definition) is 2. The molecule has 0 radical (unpaired) electrons. The van der Waals surface area contributed by atoms with E-state index in [0.29, 0.717) is 11.4 Å². The van der Waals surface area contributed by atoms with E-state index in [2.05, 4.69) is 10.3 Å². The maximum Gasteiger partial charge on any atom is 0.260 e. The summed E-state index contributed by atoms with van der Waals surface area (Å²) in [6.45, 7) is 1.64. The zero-order valence-electron chi connectivity index (χ0n) is 15.6. The summed E-state index contributed by atoms with van der Waals surface area (Å²) in [7, 11) is 0. The number of amides is 2. The van der Waals surface area contributed by atoms with E-state index in [-0.39, 0.29) is 24.8 Å². The Morgan fingerprint density at radius 2 is 1.89 bits per heavy atom. The number of nitrogens with zero attached hydrogens (tertiary/aromatic N) is 1. The molecule has 0 atom stereocenters. The third-order valence-electron chi connectivity index (χ3n) is 4.96. The van der Waals surface area contributed by atoms with Crippen LogP contribution in [0.1, 0.15) is 18.4 Å². The molecule has 2 aromatic carbocycles. The van der Waals surface area contributed by atoms with Crippen LogP contribution < -0.4 is 10.1 Å². The molecular weight excluding hydrogens is 354 g/mol. The van der Waals surface area contributed by atoms with Gasteiger partial charge >= 0.3 is 0 Å². The Kier molecular flexibility index (Phi) is 5.28. The van der Waals surface area contributed by atoms with Crippen molar-refractivity contribution in [3.05, 3.63) is 60.3 Å². The number of fused-ring (bicyclic) bond motifs is 1. The molecule has 1 aliphatic rings. The second-order valence-corrected chi connectivity index (χ2v) is 6.99. The summed E-state index contributed by atoms with van der Waals surface area (Å²) in [4.78, 5) is 29.5. The molecule has 2 amide bonds. The fourth-order valence-corrected chi connectivity index (χ4v) is 3.52. The molecule has 0 bridgehead atoms. The minimum atomic E-state index is -0.102. The molecular formula is C22H23N3O3. The Balaban J connectivity index is 1.35. The normalized spacial score (nSPS) is 13.6. The van der Waals surface area contributed by atoms with Gasteiger partial charge in [0.25, 0.3) is 5.91 Å². The number of likely N-dealkylation sites (tertiary alicyclic amines) is 1. The molecule has 0 aliphatic carbocycles. The average Bonchev–Trinajstić information content (AvgIpc) is 3.37. The summed E-state index contributed by atoms with van der Waals surface area (Å²) in [6, 6.07) is 15.0. The number of anilines is 1. The highest BCUT2D eigenvalue weighted by Gasteiger charge is 2.18. The molecule has 1 saturated heterocycles. The van der Waals surface area contributed by atoms with Crippen molar-refractivity contribution in [1.29, 1.82) is 0 Å². The number of carbonyl (C=O) groups is 2. The third kappa shape index (κ3) is 4.17. The van der Waals surface area contributed by atoms with Crippen LogP contribution in [0.4, 0.5) is 5.69 Å². The van der Waals surface area contributed by atoms with Crippen LogP contribution in [0.25, 0.3) is 10.9 Å². The summed E-state index contributed by atoms with van der Waals surface area (Å²) in [5, 5.41) is 3.95.